The van der Waals surface area contributed by atoms with E-state index in [9.17, 15) is 14.0 Å². The van der Waals surface area contributed by atoms with Crippen LogP contribution in [0.2, 0.25) is 0 Å². The number of hydrogen-bond donors (Lipinski definition) is 0. The molecule has 0 atom stereocenters. The zero-order chi connectivity index (χ0) is 22.2. The van der Waals surface area contributed by atoms with E-state index in [2.05, 4.69) is 6.58 Å². The highest BCUT2D eigenvalue weighted by molar-refractivity contribution is 7.11. The Hall–Kier alpha value is -3.25. The average Bonchev–Trinajstić information content (AvgIpc) is 3.17. The molecule has 1 aromatic heterocycles. The predicted octanol–water partition coefficient (Wildman–Crippen LogP) is 5.05. The lowest BCUT2D eigenvalue weighted by atomic mass is 10.2. The van der Waals surface area contributed by atoms with Gasteiger partial charge in [-0.2, -0.15) is 0 Å². The van der Waals surface area contributed by atoms with Crippen LogP contribution in [0.15, 0.2) is 79.4 Å². The summed E-state index contributed by atoms with van der Waals surface area (Å²) in [6.45, 7) is 6.70. The first-order valence-corrected chi connectivity index (χ1v) is 10.8. The number of aryl methyl sites for hydroxylation is 1. The highest BCUT2D eigenvalue weighted by atomic mass is 32.1. The van der Waals surface area contributed by atoms with E-state index in [0.717, 1.165) is 10.4 Å². The lowest BCUT2D eigenvalue weighted by molar-refractivity contribution is -0.133. The van der Waals surface area contributed by atoms with E-state index in [4.69, 9.17) is 0 Å². The topological polar surface area (TPSA) is 40.6 Å². The number of amides is 2. The van der Waals surface area contributed by atoms with Crippen LogP contribution in [0.3, 0.4) is 0 Å². The van der Waals surface area contributed by atoms with Crippen molar-refractivity contribution in [2.45, 2.75) is 20.0 Å². The molecule has 3 rings (SSSR count). The number of rotatable bonds is 9. The van der Waals surface area contributed by atoms with Crippen LogP contribution in [0.1, 0.15) is 25.7 Å². The number of carbonyl (C=O) groups excluding carboxylic acids is 2. The van der Waals surface area contributed by atoms with Crippen molar-refractivity contribution in [1.29, 1.82) is 0 Å². The number of thiophene rings is 1. The molecule has 0 saturated carbocycles. The number of halogens is 1. The van der Waals surface area contributed by atoms with Crippen molar-refractivity contribution in [3.05, 3.63) is 106 Å². The third kappa shape index (κ3) is 6.36. The molecule has 0 spiro atoms. The van der Waals surface area contributed by atoms with Crippen LogP contribution in [0, 0.1) is 12.7 Å². The normalized spacial score (nSPS) is 10.5. The van der Waals surface area contributed by atoms with Crippen molar-refractivity contribution < 1.29 is 14.0 Å². The van der Waals surface area contributed by atoms with Crippen LogP contribution < -0.4 is 0 Å². The van der Waals surface area contributed by atoms with Crippen molar-refractivity contribution in [2.24, 2.45) is 0 Å². The maximum absolute atomic E-state index is 13.6. The number of nitrogens with zero attached hydrogens (tertiary/aromatic N) is 2. The van der Waals surface area contributed by atoms with Crippen LogP contribution in [-0.4, -0.2) is 34.7 Å². The number of benzene rings is 2. The molecule has 2 amide bonds. The molecular weight excluding hydrogens is 411 g/mol. The summed E-state index contributed by atoms with van der Waals surface area (Å²) >= 11 is 1.65. The lowest BCUT2D eigenvalue weighted by Gasteiger charge is -2.27. The average molecular weight is 437 g/mol. The van der Waals surface area contributed by atoms with Crippen LogP contribution in [0.4, 0.5) is 4.39 Å². The van der Waals surface area contributed by atoms with Crippen LogP contribution in [-0.2, 0) is 17.9 Å². The van der Waals surface area contributed by atoms with Gasteiger partial charge in [-0.05, 0) is 42.8 Å². The molecule has 0 fully saturated rings. The van der Waals surface area contributed by atoms with Gasteiger partial charge in [0.25, 0.3) is 5.91 Å². The first-order valence-electron chi connectivity index (χ1n) is 9.99. The van der Waals surface area contributed by atoms with Crippen LogP contribution in [0.5, 0.6) is 0 Å². The van der Waals surface area contributed by atoms with Gasteiger partial charge in [0.15, 0.2) is 0 Å². The summed E-state index contributed by atoms with van der Waals surface area (Å²) in [5.74, 6) is -1.07. The first-order chi connectivity index (χ1) is 15.0. The summed E-state index contributed by atoms with van der Waals surface area (Å²) in [6.07, 6.45) is 1.56. The lowest BCUT2D eigenvalue weighted by Crippen LogP contribution is -2.42. The summed E-state index contributed by atoms with van der Waals surface area (Å²) < 4.78 is 13.6. The Morgan fingerprint density at radius 2 is 1.77 bits per heavy atom. The first kappa shape index (κ1) is 22.4. The fourth-order valence-corrected chi connectivity index (χ4v) is 4.14. The molecule has 0 aliphatic heterocycles. The molecular formula is C25H25FN2O2S. The van der Waals surface area contributed by atoms with Gasteiger partial charge in [0.05, 0.1) is 6.54 Å². The summed E-state index contributed by atoms with van der Waals surface area (Å²) in [5, 5.41) is 0. The second-order valence-corrected chi connectivity index (χ2v) is 8.60. The van der Waals surface area contributed by atoms with Crippen molar-refractivity contribution in [3.63, 3.8) is 0 Å². The molecule has 4 nitrogen and oxygen atoms in total. The number of hydrogen-bond acceptors (Lipinski definition) is 3. The molecule has 1 heterocycles. The Morgan fingerprint density at radius 1 is 1.00 bits per heavy atom. The molecule has 3 aromatic rings. The van der Waals surface area contributed by atoms with Crippen molar-refractivity contribution in [1.82, 2.24) is 9.80 Å². The Labute approximate surface area is 186 Å². The second kappa shape index (κ2) is 10.7. The van der Waals surface area contributed by atoms with Gasteiger partial charge in [0.1, 0.15) is 12.4 Å². The second-order valence-electron chi connectivity index (χ2n) is 7.23. The maximum atomic E-state index is 13.6. The van der Waals surface area contributed by atoms with Gasteiger partial charge in [-0.15, -0.1) is 17.9 Å². The van der Waals surface area contributed by atoms with E-state index in [1.54, 1.807) is 28.4 Å². The molecule has 2 aromatic carbocycles. The third-order valence-corrected chi connectivity index (χ3v) is 5.73. The molecule has 160 valence electrons. The van der Waals surface area contributed by atoms with E-state index in [0.29, 0.717) is 13.1 Å². The Balaban J connectivity index is 1.80. The summed E-state index contributed by atoms with van der Waals surface area (Å²) in [4.78, 5) is 31.6. The Morgan fingerprint density at radius 3 is 2.42 bits per heavy atom. The minimum absolute atomic E-state index is 0.113. The summed E-state index contributed by atoms with van der Waals surface area (Å²) in [6, 6.07) is 19.3. The smallest absolute Gasteiger partial charge is 0.254 e. The van der Waals surface area contributed by atoms with Crippen molar-refractivity contribution in [3.8, 4) is 0 Å². The molecule has 0 saturated heterocycles. The SMILES string of the molecule is C=CCN(CC(=O)N(Cc1ccccc1)Cc1ccc(C)s1)C(=O)c1cccc(F)c1. The minimum Gasteiger partial charge on any atom is -0.332 e. The van der Waals surface area contributed by atoms with Crippen molar-refractivity contribution >= 4 is 23.2 Å². The van der Waals surface area contributed by atoms with Gasteiger partial charge in [0, 0.05) is 28.4 Å². The van der Waals surface area contributed by atoms with E-state index >= 15 is 0 Å². The molecule has 6 heteroatoms. The monoisotopic (exact) mass is 436 g/mol. The Kier molecular flexibility index (Phi) is 7.73. The molecule has 0 N–H and O–H groups in total. The summed E-state index contributed by atoms with van der Waals surface area (Å²) in [7, 11) is 0. The molecule has 0 bridgehead atoms. The highest BCUT2D eigenvalue weighted by Gasteiger charge is 2.22. The molecule has 0 aliphatic rings. The highest BCUT2D eigenvalue weighted by Crippen LogP contribution is 2.19. The number of carbonyl (C=O) groups is 2. The Bertz CT molecular complexity index is 1050. The zero-order valence-electron chi connectivity index (χ0n) is 17.5. The quantitative estimate of drug-likeness (QED) is 0.440. The fraction of sp³-hybridized carbons (Fsp3) is 0.200. The van der Waals surface area contributed by atoms with Crippen LogP contribution in [0.25, 0.3) is 0 Å². The molecule has 0 radical (unpaired) electrons. The molecule has 0 aliphatic carbocycles. The van der Waals surface area contributed by atoms with E-state index in [1.165, 1.54) is 28.0 Å². The van der Waals surface area contributed by atoms with Crippen LogP contribution >= 0.6 is 11.3 Å². The third-order valence-electron chi connectivity index (χ3n) is 4.75. The zero-order valence-corrected chi connectivity index (χ0v) is 18.3. The molecule has 31 heavy (non-hydrogen) atoms. The standard InChI is InChI=1S/C25H25FN2O2S/c1-3-14-27(25(30)21-10-7-11-22(26)15-21)18-24(29)28(16-20-8-5-4-6-9-20)17-23-13-12-19(2)31-23/h3-13,15H,1,14,16-18H2,2H3. The predicted molar refractivity (Wildman–Crippen MR) is 122 cm³/mol. The van der Waals surface area contributed by atoms with Gasteiger partial charge >= 0.3 is 0 Å². The minimum atomic E-state index is -0.491. The maximum Gasteiger partial charge on any atom is 0.254 e. The van der Waals surface area contributed by atoms with Crippen molar-refractivity contribution in [2.75, 3.05) is 13.1 Å². The van der Waals surface area contributed by atoms with Gasteiger partial charge in [-0.3, -0.25) is 9.59 Å². The summed E-state index contributed by atoms with van der Waals surface area (Å²) in [5.41, 5.74) is 1.22. The van der Waals surface area contributed by atoms with E-state index in [-0.39, 0.29) is 24.6 Å². The van der Waals surface area contributed by atoms with Gasteiger partial charge < -0.3 is 9.80 Å². The van der Waals surface area contributed by atoms with Gasteiger partial charge in [0.2, 0.25) is 5.91 Å². The molecule has 0 unspecified atom stereocenters. The largest absolute Gasteiger partial charge is 0.332 e. The van der Waals surface area contributed by atoms with E-state index in [1.807, 2.05) is 49.4 Å². The van der Waals surface area contributed by atoms with Gasteiger partial charge in [-0.25, -0.2) is 4.39 Å². The van der Waals surface area contributed by atoms with Gasteiger partial charge in [-0.1, -0.05) is 42.5 Å². The van der Waals surface area contributed by atoms with E-state index < -0.39 is 11.7 Å². The fourth-order valence-electron chi connectivity index (χ4n) is 3.24.